The molecule has 0 aromatic carbocycles. The SMILES string of the molecule is C=C(C)C(=O)O.C=C(C)C(=O)OC.C=C(C)C(=O)OCC.C=C(C)C(=O)OCCCCCCCC.C=C(C)C(=O)OCCO. The summed E-state index contributed by atoms with van der Waals surface area (Å²) in [5.41, 5.74) is 1.89. The second kappa shape index (κ2) is 35.2. The van der Waals surface area contributed by atoms with E-state index in [9.17, 15) is 24.0 Å². The molecule has 0 saturated carbocycles. The van der Waals surface area contributed by atoms with Crippen molar-refractivity contribution in [3.63, 3.8) is 0 Å². The third-order valence-electron chi connectivity index (χ3n) is 4.28. The van der Waals surface area contributed by atoms with Gasteiger partial charge in [-0.2, -0.15) is 0 Å². The minimum atomic E-state index is -0.935. The minimum Gasteiger partial charge on any atom is -0.478 e. The van der Waals surface area contributed by atoms with Gasteiger partial charge in [0.15, 0.2) is 0 Å². The number of unbranched alkanes of at least 4 members (excludes halogenated alkanes) is 5. The molecule has 2 N–H and O–H groups in total. The van der Waals surface area contributed by atoms with Crippen molar-refractivity contribution in [2.24, 2.45) is 0 Å². The Morgan fingerprint density at radius 2 is 0.886 bits per heavy atom. The van der Waals surface area contributed by atoms with E-state index >= 15 is 0 Å². The van der Waals surface area contributed by atoms with E-state index in [-0.39, 0.29) is 36.7 Å². The zero-order valence-electron chi connectivity index (χ0n) is 28.2. The second-order valence-electron chi connectivity index (χ2n) is 9.18. The maximum Gasteiger partial charge on any atom is 0.333 e. The molecule has 0 saturated heterocycles. The summed E-state index contributed by atoms with van der Waals surface area (Å²) in [7, 11) is 1.33. The molecule has 0 atom stereocenters. The van der Waals surface area contributed by atoms with Gasteiger partial charge in [-0.15, -0.1) is 0 Å². The number of carbonyl (C=O) groups is 5. The van der Waals surface area contributed by atoms with Crippen molar-refractivity contribution >= 4 is 29.8 Å². The number of aliphatic carboxylic acids is 1. The molecule has 11 nitrogen and oxygen atoms in total. The summed E-state index contributed by atoms with van der Waals surface area (Å²) >= 11 is 0. The normalized spacial score (nSPS) is 8.66. The fourth-order valence-corrected chi connectivity index (χ4v) is 1.86. The molecule has 0 rings (SSSR count). The zero-order chi connectivity index (χ0) is 35.7. The van der Waals surface area contributed by atoms with Crippen LogP contribution in [0.2, 0.25) is 0 Å². The Morgan fingerprint density at radius 1 is 0.545 bits per heavy atom. The van der Waals surface area contributed by atoms with Crippen molar-refractivity contribution < 1.29 is 53.1 Å². The highest BCUT2D eigenvalue weighted by atomic mass is 16.5. The van der Waals surface area contributed by atoms with Crippen LogP contribution in [0.4, 0.5) is 0 Å². The van der Waals surface area contributed by atoms with E-state index in [1.165, 1.54) is 39.7 Å². The van der Waals surface area contributed by atoms with Gasteiger partial charge in [0.25, 0.3) is 0 Å². The van der Waals surface area contributed by atoms with Gasteiger partial charge >= 0.3 is 29.8 Å². The molecule has 11 heteroatoms. The Hall–Kier alpha value is -3.99. The first-order valence-electron chi connectivity index (χ1n) is 14.1. The number of aliphatic hydroxyl groups is 1. The van der Waals surface area contributed by atoms with Crippen LogP contribution in [-0.2, 0) is 42.9 Å². The molecule has 254 valence electrons. The molecule has 0 unspecified atom stereocenters. The molecular formula is C33H56O11. The average molecular weight is 629 g/mol. The van der Waals surface area contributed by atoms with Crippen LogP contribution in [0, 0.1) is 0 Å². The van der Waals surface area contributed by atoms with E-state index in [1.54, 1.807) is 34.6 Å². The highest BCUT2D eigenvalue weighted by molar-refractivity contribution is 5.88. The highest BCUT2D eigenvalue weighted by Crippen LogP contribution is 2.05. The zero-order valence-corrected chi connectivity index (χ0v) is 28.2. The van der Waals surface area contributed by atoms with Crippen LogP contribution < -0.4 is 0 Å². The minimum absolute atomic E-state index is 0.0473. The lowest BCUT2D eigenvalue weighted by Gasteiger charge is -2.03. The Bertz CT molecular complexity index is 903. The summed E-state index contributed by atoms with van der Waals surface area (Å²) in [5, 5.41) is 16.1. The number of carbonyl (C=O) groups excluding carboxylic acids is 4. The first-order chi connectivity index (χ1) is 20.4. The van der Waals surface area contributed by atoms with E-state index in [0.717, 1.165) is 12.8 Å². The second-order valence-corrected chi connectivity index (χ2v) is 9.18. The fourth-order valence-electron chi connectivity index (χ4n) is 1.86. The van der Waals surface area contributed by atoms with Crippen molar-refractivity contribution in [2.75, 3.05) is 33.5 Å². The Kier molecular flexibility index (Phi) is 39.7. The standard InChI is InChI=1S/C12H22O2.C6H10O3.C6H10O2.C5H8O2.C4H6O2/c1-4-5-6-7-8-9-10-14-12(13)11(2)3;1-5(2)6(8)9-4-3-7;1-4-8-6(7)5(2)3;1-4(2)5(6)7-3;1-3(2)4(5)6/h2,4-10H2,1,3H3;7H,1,3-4H2,2H3;2,4H2,1,3H3;1H2,2-3H3;1H2,2H3,(H,5,6). The number of methoxy groups -OCH3 is 1. The summed E-state index contributed by atoms with van der Waals surface area (Å²) in [5.74, 6) is -2.31. The molecule has 0 amide bonds. The first kappa shape index (κ1) is 49.7. The monoisotopic (exact) mass is 628 g/mol. The van der Waals surface area contributed by atoms with E-state index in [1.807, 2.05) is 0 Å². The summed E-state index contributed by atoms with van der Waals surface area (Å²) in [6.07, 6.45) is 7.26. The molecule has 0 aromatic rings. The van der Waals surface area contributed by atoms with Crippen molar-refractivity contribution in [1.82, 2.24) is 0 Å². The van der Waals surface area contributed by atoms with Crippen LogP contribution in [0.15, 0.2) is 60.8 Å². The topological polar surface area (TPSA) is 163 Å². The number of hydrogen-bond acceptors (Lipinski definition) is 10. The van der Waals surface area contributed by atoms with Gasteiger partial charge in [-0.05, 0) is 48.0 Å². The van der Waals surface area contributed by atoms with Gasteiger partial charge in [-0.1, -0.05) is 71.9 Å². The molecule has 0 aromatic heterocycles. The highest BCUT2D eigenvalue weighted by Gasteiger charge is 2.02. The summed E-state index contributed by atoms with van der Waals surface area (Å²) < 4.78 is 18.3. The molecule has 44 heavy (non-hydrogen) atoms. The van der Waals surface area contributed by atoms with E-state index in [4.69, 9.17) is 14.9 Å². The smallest absolute Gasteiger partial charge is 0.333 e. The lowest BCUT2D eigenvalue weighted by Crippen LogP contribution is -2.08. The van der Waals surface area contributed by atoms with Crippen LogP contribution in [0.1, 0.15) is 87.0 Å². The van der Waals surface area contributed by atoms with E-state index < -0.39 is 11.9 Å². The van der Waals surface area contributed by atoms with Gasteiger partial charge in [-0.25, -0.2) is 24.0 Å². The van der Waals surface area contributed by atoms with Crippen LogP contribution in [0.25, 0.3) is 0 Å². The number of carboxylic acid groups (broad SMARTS) is 1. The maximum absolute atomic E-state index is 11.0. The average Bonchev–Trinajstić information content (AvgIpc) is 2.95. The van der Waals surface area contributed by atoms with Gasteiger partial charge in [0.05, 0.1) is 26.9 Å². The van der Waals surface area contributed by atoms with Crippen molar-refractivity contribution in [3.05, 3.63) is 60.8 Å². The predicted octanol–water partition coefficient (Wildman–Crippen LogP) is 6.07. The summed E-state index contributed by atoms with van der Waals surface area (Å²) in [6, 6.07) is 0. The molecule has 0 aliphatic rings. The Morgan fingerprint density at radius 3 is 1.14 bits per heavy atom. The fraction of sp³-hybridized carbons (Fsp3) is 0.545. The Balaban J connectivity index is -0.000000150. The largest absolute Gasteiger partial charge is 0.478 e. The number of rotatable bonds is 15. The van der Waals surface area contributed by atoms with Gasteiger partial charge < -0.3 is 29.2 Å². The lowest BCUT2D eigenvalue weighted by molar-refractivity contribution is -0.140. The number of aliphatic hydroxyl groups excluding tert-OH is 1. The van der Waals surface area contributed by atoms with Gasteiger partial charge in [0.1, 0.15) is 6.61 Å². The molecular weight excluding hydrogens is 572 g/mol. The number of esters is 4. The first-order valence-corrected chi connectivity index (χ1v) is 14.1. The maximum atomic E-state index is 11.0. The predicted molar refractivity (Wildman–Crippen MR) is 173 cm³/mol. The number of carboxylic acids is 1. The molecule has 0 spiro atoms. The molecule has 0 bridgehead atoms. The summed E-state index contributed by atoms with van der Waals surface area (Å²) in [4.78, 5) is 51.6. The van der Waals surface area contributed by atoms with E-state index in [2.05, 4.69) is 54.0 Å². The quantitative estimate of drug-likeness (QED) is 0.0936. The molecule has 0 heterocycles. The Labute approximate surface area is 264 Å². The van der Waals surface area contributed by atoms with E-state index in [0.29, 0.717) is 35.5 Å². The molecule has 0 aliphatic heterocycles. The van der Waals surface area contributed by atoms with Gasteiger partial charge in [-0.3, -0.25) is 0 Å². The third kappa shape index (κ3) is 45.0. The van der Waals surface area contributed by atoms with Crippen molar-refractivity contribution in [1.29, 1.82) is 0 Å². The van der Waals surface area contributed by atoms with Crippen LogP contribution in [0.3, 0.4) is 0 Å². The molecule has 0 radical (unpaired) electrons. The third-order valence-corrected chi connectivity index (χ3v) is 4.28. The number of hydrogen-bond donors (Lipinski definition) is 2. The number of ether oxygens (including phenoxy) is 4. The van der Waals surface area contributed by atoms with Crippen molar-refractivity contribution in [3.8, 4) is 0 Å². The molecule has 0 aliphatic carbocycles. The van der Waals surface area contributed by atoms with Crippen LogP contribution in [0.5, 0.6) is 0 Å². The van der Waals surface area contributed by atoms with Crippen molar-refractivity contribution in [2.45, 2.75) is 87.0 Å². The summed E-state index contributed by atoms with van der Waals surface area (Å²) in [6.45, 7) is 29.5. The van der Waals surface area contributed by atoms with Gasteiger partial charge in [0.2, 0.25) is 0 Å². The lowest BCUT2D eigenvalue weighted by atomic mass is 10.1. The van der Waals surface area contributed by atoms with Gasteiger partial charge in [0, 0.05) is 27.9 Å². The van der Waals surface area contributed by atoms with Crippen LogP contribution >= 0.6 is 0 Å². The molecule has 0 fully saturated rings. The van der Waals surface area contributed by atoms with Crippen LogP contribution in [-0.4, -0.2) is 73.6 Å².